The zero-order chi connectivity index (χ0) is 10.8. The number of pyridine rings is 1. The van der Waals surface area contributed by atoms with E-state index < -0.39 is 6.29 Å². The normalized spacial score (nSPS) is 26.3. The van der Waals surface area contributed by atoms with E-state index in [0.29, 0.717) is 12.5 Å². The highest BCUT2D eigenvalue weighted by molar-refractivity contribution is 9.10. The molecule has 15 heavy (non-hydrogen) atoms. The summed E-state index contributed by atoms with van der Waals surface area (Å²) in [7, 11) is 0. The van der Waals surface area contributed by atoms with Crippen molar-refractivity contribution in [2.45, 2.75) is 25.6 Å². The Morgan fingerprint density at radius 1 is 1.67 bits per heavy atom. The van der Waals surface area contributed by atoms with Gasteiger partial charge in [0, 0.05) is 18.7 Å². The van der Waals surface area contributed by atoms with Crippen LogP contribution in [0.4, 0.5) is 0 Å². The molecule has 0 aliphatic heterocycles. The summed E-state index contributed by atoms with van der Waals surface area (Å²) in [6, 6.07) is 3.97. The lowest BCUT2D eigenvalue weighted by atomic mass is 10.1. The van der Waals surface area contributed by atoms with E-state index in [9.17, 15) is 5.11 Å². The summed E-state index contributed by atoms with van der Waals surface area (Å²) in [5.74, 6) is 0.653. The average molecular weight is 272 g/mol. The number of nitrogens with zero attached hydrogens (tertiary/aromatic N) is 1. The SMILES string of the molecule is CCOC(O)[C@H]1C[C@@H]1c1ccc(Br)nc1. The lowest BCUT2D eigenvalue weighted by Gasteiger charge is -2.09. The summed E-state index contributed by atoms with van der Waals surface area (Å²) in [6.45, 7) is 2.45. The average Bonchev–Trinajstić information content (AvgIpc) is 2.99. The molecule has 1 aromatic rings. The zero-order valence-corrected chi connectivity index (χ0v) is 10.1. The number of hydrogen-bond acceptors (Lipinski definition) is 3. The molecular weight excluding hydrogens is 258 g/mol. The standard InChI is InChI=1S/C11H14BrNO2/c1-2-15-11(14)9-5-8(9)7-3-4-10(12)13-6-7/h3-4,6,8-9,11,14H,2,5H2,1H3/t8-,9+,11?/m1/s1. The molecule has 4 heteroatoms. The Balaban J connectivity index is 1.95. The van der Waals surface area contributed by atoms with Crippen molar-refractivity contribution in [3.05, 3.63) is 28.5 Å². The highest BCUT2D eigenvalue weighted by Crippen LogP contribution is 2.49. The van der Waals surface area contributed by atoms with Gasteiger partial charge in [-0.05, 0) is 46.8 Å². The number of hydrogen-bond donors (Lipinski definition) is 1. The Bertz CT molecular complexity index is 328. The smallest absolute Gasteiger partial charge is 0.157 e. The van der Waals surface area contributed by atoms with Gasteiger partial charge in [0.25, 0.3) is 0 Å². The van der Waals surface area contributed by atoms with Crippen molar-refractivity contribution in [3.63, 3.8) is 0 Å². The summed E-state index contributed by atoms with van der Waals surface area (Å²) < 4.78 is 6.01. The molecule has 1 aliphatic rings. The molecular formula is C11H14BrNO2. The second-order valence-electron chi connectivity index (χ2n) is 3.77. The van der Waals surface area contributed by atoms with Crippen LogP contribution in [0, 0.1) is 5.92 Å². The van der Waals surface area contributed by atoms with Crippen LogP contribution in [0.1, 0.15) is 24.8 Å². The van der Waals surface area contributed by atoms with Crippen LogP contribution < -0.4 is 0 Å². The number of aliphatic hydroxyl groups is 1. The van der Waals surface area contributed by atoms with Crippen molar-refractivity contribution in [1.82, 2.24) is 4.98 Å². The van der Waals surface area contributed by atoms with Gasteiger partial charge in [0.05, 0.1) is 0 Å². The molecule has 0 radical (unpaired) electrons. The second kappa shape index (κ2) is 4.60. The van der Waals surface area contributed by atoms with Crippen molar-refractivity contribution in [2.24, 2.45) is 5.92 Å². The molecule has 0 saturated heterocycles. The molecule has 1 heterocycles. The van der Waals surface area contributed by atoms with Gasteiger partial charge in [-0.3, -0.25) is 0 Å². The predicted octanol–water partition coefficient (Wildman–Crippen LogP) is 2.30. The van der Waals surface area contributed by atoms with Gasteiger partial charge >= 0.3 is 0 Å². The first-order chi connectivity index (χ1) is 7.22. The highest BCUT2D eigenvalue weighted by atomic mass is 79.9. The Hall–Kier alpha value is -0.450. The Labute approximate surface area is 97.6 Å². The van der Waals surface area contributed by atoms with Crippen molar-refractivity contribution >= 4 is 15.9 Å². The third-order valence-corrected chi connectivity index (χ3v) is 3.19. The van der Waals surface area contributed by atoms with E-state index in [1.807, 2.05) is 25.3 Å². The fraction of sp³-hybridized carbons (Fsp3) is 0.545. The maximum atomic E-state index is 9.62. The van der Waals surface area contributed by atoms with E-state index in [1.54, 1.807) is 0 Å². The van der Waals surface area contributed by atoms with E-state index in [4.69, 9.17) is 4.74 Å². The third kappa shape index (κ3) is 2.56. The molecule has 1 fully saturated rings. The van der Waals surface area contributed by atoms with Gasteiger partial charge in [-0.2, -0.15) is 0 Å². The van der Waals surface area contributed by atoms with Crippen LogP contribution in [0.25, 0.3) is 0 Å². The van der Waals surface area contributed by atoms with Crippen molar-refractivity contribution < 1.29 is 9.84 Å². The van der Waals surface area contributed by atoms with Crippen LogP contribution in [-0.2, 0) is 4.74 Å². The molecule has 0 amide bonds. The number of ether oxygens (including phenoxy) is 1. The first-order valence-electron chi connectivity index (χ1n) is 5.13. The second-order valence-corrected chi connectivity index (χ2v) is 4.58. The summed E-state index contributed by atoms with van der Waals surface area (Å²) in [5.41, 5.74) is 1.18. The molecule has 1 unspecified atom stereocenters. The molecule has 1 saturated carbocycles. The Morgan fingerprint density at radius 2 is 2.47 bits per heavy atom. The number of aromatic nitrogens is 1. The predicted molar refractivity (Wildman–Crippen MR) is 60.4 cm³/mol. The van der Waals surface area contributed by atoms with Crippen molar-refractivity contribution in [1.29, 1.82) is 0 Å². The summed E-state index contributed by atoms with van der Waals surface area (Å²) in [6.07, 6.45) is 2.22. The molecule has 0 bridgehead atoms. The van der Waals surface area contributed by atoms with E-state index in [-0.39, 0.29) is 5.92 Å². The molecule has 1 aromatic heterocycles. The fourth-order valence-corrected chi connectivity index (χ4v) is 2.05. The molecule has 82 valence electrons. The molecule has 1 N–H and O–H groups in total. The first kappa shape index (κ1) is 11.0. The Kier molecular flexibility index (Phi) is 3.38. The molecule has 0 spiro atoms. The van der Waals surface area contributed by atoms with Crippen LogP contribution in [0.5, 0.6) is 0 Å². The van der Waals surface area contributed by atoms with Crippen LogP contribution in [0.3, 0.4) is 0 Å². The lowest BCUT2D eigenvalue weighted by Crippen LogP contribution is -2.14. The van der Waals surface area contributed by atoms with E-state index >= 15 is 0 Å². The van der Waals surface area contributed by atoms with Gasteiger partial charge in [0.1, 0.15) is 4.60 Å². The Morgan fingerprint density at radius 3 is 3.07 bits per heavy atom. The monoisotopic (exact) mass is 271 g/mol. The van der Waals surface area contributed by atoms with Crippen LogP contribution in [0.2, 0.25) is 0 Å². The summed E-state index contributed by atoms with van der Waals surface area (Å²) in [4.78, 5) is 4.17. The quantitative estimate of drug-likeness (QED) is 0.675. The maximum Gasteiger partial charge on any atom is 0.157 e. The molecule has 3 atom stereocenters. The number of aliphatic hydroxyl groups excluding tert-OH is 1. The highest BCUT2D eigenvalue weighted by Gasteiger charge is 2.44. The van der Waals surface area contributed by atoms with Gasteiger partial charge in [-0.25, -0.2) is 4.98 Å². The van der Waals surface area contributed by atoms with Gasteiger partial charge in [0.15, 0.2) is 6.29 Å². The van der Waals surface area contributed by atoms with Crippen LogP contribution >= 0.6 is 15.9 Å². The van der Waals surface area contributed by atoms with E-state index in [2.05, 4.69) is 20.9 Å². The zero-order valence-electron chi connectivity index (χ0n) is 8.56. The van der Waals surface area contributed by atoms with Gasteiger partial charge < -0.3 is 9.84 Å². The largest absolute Gasteiger partial charge is 0.368 e. The minimum Gasteiger partial charge on any atom is -0.368 e. The molecule has 1 aliphatic carbocycles. The third-order valence-electron chi connectivity index (χ3n) is 2.72. The topological polar surface area (TPSA) is 42.4 Å². The maximum absolute atomic E-state index is 9.62. The van der Waals surface area contributed by atoms with Crippen molar-refractivity contribution in [2.75, 3.05) is 6.61 Å². The van der Waals surface area contributed by atoms with Gasteiger partial charge in [0.2, 0.25) is 0 Å². The van der Waals surface area contributed by atoms with E-state index in [0.717, 1.165) is 11.0 Å². The minimum atomic E-state index is -0.622. The lowest BCUT2D eigenvalue weighted by molar-refractivity contribution is -0.109. The molecule has 3 nitrogen and oxygen atoms in total. The number of halogens is 1. The minimum absolute atomic E-state index is 0.243. The van der Waals surface area contributed by atoms with Crippen molar-refractivity contribution in [3.8, 4) is 0 Å². The summed E-state index contributed by atoms with van der Waals surface area (Å²) >= 11 is 3.30. The molecule has 2 rings (SSSR count). The van der Waals surface area contributed by atoms with E-state index in [1.165, 1.54) is 5.56 Å². The van der Waals surface area contributed by atoms with Crippen LogP contribution in [0.15, 0.2) is 22.9 Å². The van der Waals surface area contributed by atoms with Gasteiger partial charge in [-0.1, -0.05) is 6.07 Å². The molecule has 0 aromatic carbocycles. The number of rotatable bonds is 4. The van der Waals surface area contributed by atoms with Gasteiger partial charge in [-0.15, -0.1) is 0 Å². The first-order valence-corrected chi connectivity index (χ1v) is 5.92. The van der Waals surface area contributed by atoms with Crippen LogP contribution in [-0.4, -0.2) is 23.0 Å². The fourth-order valence-electron chi connectivity index (χ4n) is 1.81. The summed E-state index contributed by atoms with van der Waals surface area (Å²) in [5, 5.41) is 9.62.